The molecule has 142 valence electrons. The number of benzene rings is 1. The van der Waals surface area contributed by atoms with Gasteiger partial charge in [0.1, 0.15) is 4.90 Å². The first-order valence-corrected chi connectivity index (χ1v) is 11.3. The van der Waals surface area contributed by atoms with Gasteiger partial charge in [0.05, 0.1) is 5.71 Å². The van der Waals surface area contributed by atoms with Gasteiger partial charge in [-0.25, -0.2) is 0 Å². The highest BCUT2D eigenvalue weighted by molar-refractivity contribution is 7.86. The molecule has 1 aromatic rings. The topological polar surface area (TPSA) is 55.7 Å². The predicted octanol–water partition coefficient (Wildman–Crippen LogP) is 4.89. The Morgan fingerprint density at radius 2 is 1.54 bits per heavy atom. The maximum absolute atomic E-state index is 12.6. The molecule has 4 aliphatic carbocycles. The molecule has 5 heteroatoms. The first-order valence-electron chi connectivity index (χ1n) is 9.90. The predicted molar refractivity (Wildman–Crippen MR) is 103 cm³/mol. The lowest BCUT2D eigenvalue weighted by molar-refractivity contribution is 0.104. The standard InChI is InChI=1S/C21H29NO3S/c1-4-21(2,3)18-5-7-19(8-6-18)26(23,24)25-22-20-16-10-14-9-15(12-16)13-17(20)11-14/h5-8,14-17H,4,9-13H2,1-3H3. The fraction of sp³-hybridized carbons (Fsp3) is 0.667. The van der Waals surface area contributed by atoms with Crippen LogP contribution < -0.4 is 0 Å². The van der Waals surface area contributed by atoms with Crippen molar-refractivity contribution in [3.63, 3.8) is 0 Å². The van der Waals surface area contributed by atoms with E-state index in [0.717, 1.165) is 55.2 Å². The third-order valence-corrected chi connectivity index (χ3v) is 8.14. The van der Waals surface area contributed by atoms with Gasteiger partial charge in [0, 0.05) is 11.8 Å². The highest BCUT2D eigenvalue weighted by atomic mass is 32.2. The molecular formula is C21H29NO3S. The third kappa shape index (κ3) is 3.19. The third-order valence-electron chi connectivity index (χ3n) is 7.02. The van der Waals surface area contributed by atoms with E-state index in [1.165, 1.54) is 6.42 Å². The lowest BCUT2D eigenvalue weighted by atomic mass is 9.55. The second kappa shape index (κ2) is 6.36. The van der Waals surface area contributed by atoms with Crippen molar-refractivity contribution < 1.29 is 12.7 Å². The molecule has 0 atom stereocenters. The molecule has 4 saturated carbocycles. The van der Waals surface area contributed by atoms with Crippen molar-refractivity contribution in [2.75, 3.05) is 0 Å². The fourth-order valence-electron chi connectivity index (χ4n) is 5.23. The molecule has 0 spiro atoms. The van der Waals surface area contributed by atoms with Gasteiger partial charge < -0.3 is 0 Å². The zero-order valence-corrected chi connectivity index (χ0v) is 16.8. The van der Waals surface area contributed by atoms with Gasteiger partial charge >= 0.3 is 10.1 Å². The lowest BCUT2D eigenvalue weighted by Crippen LogP contribution is -2.45. The van der Waals surface area contributed by atoms with E-state index >= 15 is 0 Å². The molecule has 0 heterocycles. The average Bonchev–Trinajstić information content (AvgIpc) is 2.60. The van der Waals surface area contributed by atoms with Crippen LogP contribution in [0.1, 0.15) is 64.9 Å². The van der Waals surface area contributed by atoms with E-state index in [-0.39, 0.29) is 10.3 Å². The second-order valence-electron chi connectivity index (χ2n) is 9.11. The Balaban J connectivity index is 1.51. The van der Waals surface area contributed by atoms with Crippen LogP contribution >= 0.6 is 0 Å². The number of hydrogen-bond donors (Lipinski definition) is 0. The van der Waals surface area contributed by atoms with E-state index in [4.69, 9.17) is 4.28 Å². The number of oxime groups is 1. The minimum Gasteiger partial charge on any atom is -0.265 e. The minimum absolute atomic E-state index is 0.0315. The molecule has 4 aliphatic rings. The van der Waals surface area contributed by atoms with Crippen LogP contribution in [-0.2, 0) is 19.8 Å². The van der Waals surface area contributed by atoms with Crippen molar-refractivity contribution in [2.45, 2.75) is 69.6 Å². The van der Waals surface area contributed by atoms with Gasteiger partial charge in [-0.2, -0.15) is 8.42 Å². The molecule has 4 fully saturated rings. The van der Waals surface area contributed by atoms with E-state index in [0.29, 0.717) is 11.8 Å². The highest BCUT2D eigenvalue weighted by Gasteiger charge is 2.46. The van der Waals surface area contributed by atoms with Crippen LogP contribution in [0, 0.1) is 23.7 Å². The van der Waals surface area contributed by atoms with Crippen LogP contribution in [0.25, 0.3) is 0 Å². The zero-order valence-electron chi connectivity index (χ0n) is 15.9. The van der Waals surface area contributed by atoms with Crippen LogP contribution in [0.2, 0.25) is 0 Å². The maximum atomic E-state index is 12.6. The summed E-state index contributed by atoms with van der Waals surface area (Å²) in [6.07, 6.45) is 7.01. The molecule has 1 aromatic carbocycles. The quantitative estimate of drug-likeness (QED) is 0.688. The molecule has 26 heavy (non-hydrogen) atoms. The average molecular weight is 376 g/mol. The first kappa shape index (κ1) is 18.0. The van der Waals surface area contributed by atoms with E-state index in [2.05, 4.69) is 25.9 Å². The number of hydrogen-bond acceptors (Lipinski definition) is 4. The van der Waals surface area contributed by atoms with Crippen LogP contribution in [0.3, 0.4) is 0 Å². The smallest absolute Gasteiger partial charge is 0.265 e. The van der Waals surface area contributed by atoms with Gasteiger partial charge in [-0.3, -0.25) is 4.28 Å². The summed E-state index contributed by atoms with van der Waals surface area (Å²) in [5, 5.41) is 4.19. The minimum atomic E-state index is -3.85. The molecule has 0 radical (unpaired) electrons. The van der Waals surface area contributed by atoms with Gasteiger partial charge in [0.2, 0.25) is 0 Å². The van der Waals surface area contributed by atoms with E-state index in [1.807, 2.05) is 12.1 Å². The molecule has 0 aliphatic heterocycles. The van der Waals surface area contributed by atoms with Crippen LogP contribution in [0.15, 0.2) is 34.3 Å². The zero-order chi connectivity index (χ0) is 18.5. The molecule has 0 amide bonds. The molecule has 0 saturated heterocycles. The van der Waals surface area contributed by atoms with Crippen LogP contribution in [0.4, 0.5) is 0 Å². The molecule has 5 rings (SSSR count). The summed E-state index contributed by atoms with van der Waals surface area (Å²) in [6.45, 7) is 6.45. The van der Waals surface area contributed by atoms with Crippen LogP contribution in [0.5, 0.6) is 0 Å². The van der Waals surface area contributed by atoms with Crippen molar-refractivity contribution in [2.24, 2.45) is 28.8 Å². The maximum Gasteiger partial charge on any atom is 0.358 e. The molecule has 4 nitrogen and oxygen atoms in total. The van der Waals surface area contributed by atoms with E-state index in [1.54, 1.807) is 12.1 Å². The Kier molecular flexibility index (Phi) is 4.41. The Bertz CT molecular complexity index is 778. The van der Waals surface area contributed by atoms with Crippen LogP contribution in [-0.4, -0.2) is 14.1 Å². The fourth-order valence-corrected chi connectivity index (χ4v) is 5.97. The summed E-state index contributed by atoms with van der Waals surface area (Å²) in [7, 11) is -3.85. The Morgan fingerprint density at radius 3 is 2.04 bits per heavy atom. The van der Waals surface area contributed by atoms with Crippen molar-refractivity contribution in [1.82, 2.24) is 0 Å². The van der Waals surface area contributed by atoms with Crippen molar-refractivity contribution in [3.05, 3.63) is 29.8 Å². The van der Waals surface area contributed by atoms with Gasteiger partial charge in [-0.1, -0.05) is 38.1 Å². The summed E-state index contributed by atoms with van der Waals surface area (Å²) < 4.78 is 30.3. The summed E-state index contributed by atoms with van der Waals surface area (Å²) in [4.78, 5) is 0.182. The van der Waals surface area contributed by atoms with Crippen molar-refractivity contribution >= 4 is 15.8 Å². The Labute approximate surface area is 157 Å². The molecule has 0 unspecified atom stereocenters. The largest absolute Gasteiger partial charge is 0.358 e. The highest BCUT2D eigenvalue weighted by Crippen LogP contribution is 2.52. The number of rotatable bonds is 5. The Hall–Kier alpha value is -1.36. The van der Waals surface area contributed by atoms with Gasteiger partial charge in [0.15, 0.2) is 0 Å². The van der Waals surface area contributed by atoms with E-state index in [9.17, 15) is 8.42 Å². The van der Waals surface area contributed by atoms with Gasteiger partial charge in [-0.15, -0.1) is 0 Å². The first-order chi connectivity index (χ1) is 12.3. The molecular weight excluding hydrogens is 346 g/mol. The lowest BCUT2D eigenvalue weighted by Gasteiger charge is -2.49. The molecule has 0 N–H and O–H groups in total. The summed E-state index contributed by atoms with van der Waals surface area (Å²) in [5.41, 5.74) is 2.17. The SMILES string of the molecule is CCC(C)(C)c1ccc(S(=O)(=O)ON=C2C3CC4CC(C3)CC2C4)cc1. The van der Waals surface area contributed by atoms with Crippen molar-refractivity contribution in [1.29, 1.82) is 0 Å². The number of nitrogens with zero attached hydrogens (tertiary/aromatic N) is 1. The monoisotopic (exact) mass is 375 g/mol. The Morgan fingerprint density at radius 1 is 1.00 bits per heavy atom. The summed E-state index contributed by atoms with van der Waals surface area (Å²) >= 11 is 0. The summed E-state index contributed by atoms with van der Waals surface area (Å²) in [6, 6.07) is 7.05. The van der Waals surface area contributed by atoms with Gasteiger partial charge in [0.25, 0.3) is 0 Å². The van der Waals surface area contributed by atoms with Crippen molar-refractivity contribution in [3.8, 4) is 0 Å². The van der Waals surface area contributed by atoms with Gasteiger partial charge in [-0.05, 0) is 73.5 Å². The van der Waals surface area contributed by atoms with E-state index < -0.39 is 10.1 Å². The molecule has 4 bridgehead atoms. The normalized spacial score (nSPS) is 30.5. The second-order valence-corrected chi connectivity index (χ2v) is 10.6. The molecule has 0 aromatic heterocycles. The summed E-state index contributed by atoms with van der Waals surface area (Å²) in [5.74, 6) is 2.52.